The number of allylic oxidation sites excluding steroid dienone is 7. The van der Waals surface area contributed by atoms with Gasteiger partial charge in [0.15, 0.2) is 0 Å². The molecule has 0 amide bonds. The van der Waals surface area contributed by atoms with E-state index in [-0.39, 0.29) is 0 Å². The van der Waals surface area contributed by atoms with Crippen LogP contribution in [-0.2, 0) is 0 Å². The Morgan fingerprint density at radius 3 is 2.82 bits per heavy atom. The first kappa shape index (κ1) is 7.18. The molecule has 0 fully saturated rings. The molecule has 1 radical (unpaired) electrons. The molecule has 0 nitrogen and oxygen atoms in total. The van der Waals surface area contributed by atoms with Crippen LogP contribution in [0.2, 0.25) is 0 Å². The molecule has 1 heteroatoms. The van der Waals surface area contributed by atoms with Crippen LogP contribution in [0.3, 0.4) is 0 Å². The number of fused-ring (bicyclic) bond motifs is 1. The minimum atomic E-state index is -0.890. The van der Waals surface area contributed by atoms with Crippen molar-refractivity contribution >= 4 is 14.7 Å². The molecule has 0 N–H and O–H groups in total. The Bertz CT molecular complexity index is 303. The van der Waals surface area contributed by atoms with Crippen molar-refractivity contribution in [2.45, 2.75) is 13.8 Å². The fourth-order valence-corrected chi connectivity index (χ4v) is 5.43. The van der Waals surface area contributed by atoms with E-state index in [2.05, 4.69) is 43.0 Å². The van der Waals surface area contributed by atoms with E-state index >= 15 is 0 Å². The molecule has 0 aromatic carbocycles. The second-order valence-electron chi connectivity index (χ2n) is 2.79. The molecular formula is C10H10As. The Labute approximate surface area is 72.3 Å². The van der Waals surface area contributed by atoms with Gasteiger partial charge in [0.05, 0.1) is 0 Å². The van der Waals surface area contributed by atoms with Gasteiger partial charge in [0.25, 0.3) is 0 Å². The summed E-state index contributed by atoms with van der Waals surface area (Å²) in [6.07, 6.45) is 9.92. The number of hydrogen-bond donors (Lipinski definition) is 0. The molecule has 2 heterocycles. The van der Waals surface area contributed by atoms with Crippen molar-refractivity contribution in [2.24, 2.45) is 0 Å². The molecule has 55 valence electrons. The first-order valence-electron chi connectivity index (χ1n) is 3.74. The third kappa shape index (κ3) is 1.06. The van der Waals surface area contributed by atoms with Crippen LogP contribution in [0.5, 0.6) is 0 Å². The molecule has 1 unspecified atom stereocenters. The number of rotatable bonds is 0. The van der Waals surface area contributed by atoms with Gasteiger partial charge in [-0.25, -0.2) is 0 Å². The standard InChI is InChI=1S/C10H10As/c1-8-7-10-5-3-4-6-11(10)9(8)2/h3-6H,1-2H3. The van der Waals surface area contributed by atoms with Gasteiger partial charge >= 0.3 is 72.0 Å². The summed E-state index contributed by atoms with van der Waals surface area (Å²) >= 11 is -0.890. The van der Waals surface area contributed by atoms with Gasteiger partial charge in [-0.15, -0.1) is 0 Å². The maximum atomic E-state index is 3.43. The second kappa shape index (κ2) is 2.53. The summed E-state index contributed by atoms with van der Waals surface area (Å²) in [5.74, 6) is 0. The zero-order chi connectivity index (χ0) is 7.84. The predicted molar refractivity (Wildman–Crippen MR) is 49.2 cm³/mol. The van der Waals surface area contributed by atoms with E-state index in [1.54, 1.807) is 4.36 Å². The van der Waals surface area contributed by atoms with E-state index in [9.17, 15) is 0 Å². The van der Waals surface area contributed by atoms with Crippen LogP contribution in [0.15, 0.2) is 37.4 Å². The van der Waals surface area contributed by atoms with Gasteiger partial charge in [-0.1, -0.05) is 0 Å². The predicted octanol–water partition coefficient (Wildman–Crippen LogP) is 2.30. The van der Waals surface area contributed by atoms with Gasteiger partial charge < -0.3 is 0 Å². The van der Waals surface area contributed by atoms with Crippen molar-refractivity contribution < 1.29 is 0 Å². The zero-order valence-corrected chi connectivity index (χ0v) is 8.63. The van der Waals surface area contributed by atoms with E-state index < -0.39 is 14.7 Å². The molecule has 0 bridgehead atoms. The topological polar surface area (TPSA) is 0 Å². The van der Waals surface area contributed by atoms with E-state index in [1.165, 1.54) is 9.93 Å². The van der Waals surface area contributed by atoms with Crippen LogP contribution < -0.4 is 0 Å². The van der Waals surface area contributed by atoms with Crippen LogP contribution in [0.25, 0.3) is 0 Å². The third-order valence-corrected chi connectivity index (χ3v) is 6.92. The zero-order valence-electron chi connectivity index (χ0n) is 6.76. The molecule has 0 aromatic rings. The van der Waals surface area contributed by atoms with Crippen LogP contribution >= 0.6 is 0 Å². The molecule has 0 aliphatic carbocycles. The van der Waals surface area contributed by atoms with E-state index in [1.807, 2.05) is 0 Å². The summed E-state index contributed by atoms with van der Waals surface area (Å²) in [6, 6.07) is 0. The first-order valence-corrected chi connectivity index (χ1v) is 6.70. The van der Waals surface area contributed by atoms with Crippen LogP contribution in [-0.4, -0.2) is 14.7 Å². The second-order valence-corrected chi connectivity index (χ2v) is 7.39. The summed E-state index contributed by atoms with van der Waals surface area (Å²) in [7, 11) is 0. The molecule has 1 atom stereocenters. The van der Waals surface area contributed by atoms with Crippen LogP contribution in [0.4, 0.5) is 0 Å². The van der Waals surface area contributed by atoms with Gasteiger partial charge in [-0.2, -0.15) is 0 Å². The molecule has 0 aromatic heterocycles. The summed E-state index contributed by atoms with van der Waals surface area (Å²) in [6.45, 7) is 4.41. The van der Waals surface area contributed by atoms with Gasteiger partial charge in [0.1, 0.15) is 0 Å². The maximum absolute atomic E-state index is 3.43. The molecule has 0 saturated heterocycles. The van der Waals surface area contributed by atoms with Gasteiger partial charge in [0.2, 0.25) is 0 Å². The number of hydrogen-bond acceptors (Lipinski definition) is 0. The van der Waals surface area contributed by atoms with Gasteiger partial charge in [0, 0.05) is 0 Å². The van der Waals surface area contributed by atoms with Crippen molar-refractivity contribution in [3.05, 3.63) is 43.5 Å². The fraction of sp³-hybridized carbons (Fsp3) is 0.200. The van der Waals surface area contributed by atoms with Crippen molar-refractivity contribution in [3.63, 3.8) is 0 Å². The monoisotopic (exact) mass is 205 g/mol. The quantitative estimate of drug-likeness (QED) is 0.532. The summed E-state index contributed by atoms with van der Waals surface area (Å²) < 4.78 is 3.06. The molecule has 2 aliphatic rings. The van der Waals surface area contributed by atoms with Crippen molar-refractivity contribution in [1.82, 2.24) is 0 Å². The van der Waals surface area contributed by atoms with E-state index in [0.717, 1.165) is 0 Å². The van der Waals surface area contributed by atoms with Crippen molar-refractivity contribution in [1.29, 1.82) is 0 Å². The average Bonchev–Trinajstić information content (AvgIpc) is 2.30. The molecule has 0 saturated carbocycles. The summed E-state index contributed by atoms with van der Waals surface area (Å²) in [5.41, 5.74) is 1.37. The third-order valence-electron chi connectivity index (χ3n) is 2.08. The molecule has 2 rings (SSSR count). The Hall–Kier alpha value is -0.482. The van der Waals surface area contributed by atoms with Crippen LogP contribution in [0, 0.1) is 6.08 Å². The summed E-state index contributed by atoms with van der Waals surface area (Å²) in [5, 5.41) is 0. The Morgan fingerprint density at radius 1 is 1.27 bits per heavy atom. The first-order chi connectivity index (χ1) is 5.29. The molecule has 11 heavy (non-hydrogen) atoms. The summed E-state index contributed by atoms with van der Waals surface area (Å²) in [4.78, 5) is 2.38. The van der Waals surface area contributed by atoms with E-state index in [4.69, 9.17) is 0 Å². The van der Waals surface area contributed by atoms with Crippen molar-refractivity contribution in [3.8, 4) is 0 Å². The Kier molecular flexibility index (Phi) is 1.65. The van der Waals surface area contributed by atoms with Crippen molar-refractivity contribution in [2.75, 3.05) is 0 Å². The van der Waals surface area contributed by atoms with Gasteiger partial charge in [-0.05, 0) is 0 Å². The SMILES string of the molecule is CC1=C(C)[As]2C=CC=CC2=[C]1. The fourth-order valence-electron chi connectivity index (χ4n) is 1.30. The molecule has 2 aliphatic heterocycles. The minimum absolute atomic E-state index is 0.890. The van der Waals surface area contributed by atoms with Crippen LogP contribution in [0.1, 0.15) is 13.8 Å². The van der Waals surface area contributed by atoms with E-state index in [0.29, 0.717) is 0 Å². The molecular weight excluding hydrogens is 195 g/mol. The normalized spacial score (nSPS) is 27.5. The Morgan fingerprint density at radius 2 is 2.09 bits per heavy atom. The molecule has 0 spiro atoms. The Balaban J connectivity index is 2.44. The van der Waals surface area contributed by atoms with Gasteiger partial charge in [-0.3, -0.25) is 0 Å². The average molecular weight is 205 g/mol.